The van der Waals surface area contributed by atoms with E-state index in [1.165, 1.54) is 0 Å². The van der Waals surface area contributed by atoms with Gasteiger partial charge in [-0.05, 0) is 13.3 Å². The van der Waals surface area contributed by atoms with E-state index in [2.05, 4.69) is 17.1 Å². The Labute approximate surface area is 118 Å². The van der Waals surface area contributed by atoms with Crippen LogP contribution in [0.2, 0.25) is 0 Å². The molecule has 1 amide bonds. The molecule has 0 spiro atoms. The molecule has 0 saturated carbocycles. The number of carbonyl (C=O) groups is 2. The van der Waals surface area contributed by atoms with E-state index in [1.807, 2.05) is 0 Å². The van der Waals surface area contributed by atoms with Crippen LogP contribution in [-0.4, -0.2) is 40.1 Å². The molecule has 1 aliphatic rings. The van der Waals surface area contributed by atoms with Crippen LogP contribution in [0.1, 0.15) is 54.9 Å². The van der Waals surface area contributed by atoms with Crippen LogP contribution in [0, 0.1) is 0 Å². The van der Waals surface area contributed by atoms with Gasteiger partial charge in [0, 0.05) is 37.2 Å². The minimum Gasteiger partial charge on any atom is -0.461 e. The molecule has 0 atom stereocenters. The molecule has 2 heterocycles. The molecule has 2 rings (SSSR count). The average molecular weight is 279 g/mol. The maximum absolute atomic E-state index is 12.1. The second-order valence-corrected chi connectivity index (χ2v) is 4.92. The molecule has 0 saturated heterocycles. The van der Waals surface area contributed by atoms with Crippen LogP contribution in [0.3, 0.4) is 0 Å². The monoisotopic (exact) mass is 279 g/mol. The Kier molecular flexibility index (Phi) is 4.76. The largest absolute Gasteiger partial charge is 0.461 e. The average Bonchev–Trinajstić information content (AvgIpc) is 2.87. The maximum Gasteiger partial charge on any atom is 0.359 e. The van der Waals surface area contributed by atoms with Crippen LogP contribution in [0.25, 0.3) is 0 Å². The van der Waals surface area contributed by atoms with Gasteiger partial charge in [-0.25, -0.2) is 4.79 Å². The molecule has 0 radical (unpaired) electrons. The SMILES string of the molecule is CCCCC(=O)N1CCc2[nH]nc(C(=O)OCC)c2C1. The Morgan fingerprint density at radius 1 is 1.40 bits per heavy atom. The molecule has 1 N–H and O–H groups in total. The van der Waals surface area contributed by atoms with Gasteiger partial charge in [0.2, 0.25) is 5.91 Å². The standard InChI is InChI=1S/C14H21N3O3/c1-3-5-6-12(18)17-8-7-11-10(9-17)13(16-15-11)14(19)20-4-2/h3-9H2,1-2H3,(H,15,16). The molecule has 0 aliphatic carbocycles. The van der Waals surface area contributed by atoms with E-state index in [9.17, 15) is 9.59 Å². The molecule has 1 aromatic rings. The topological polar surface area (TPSA) is 75.3 Å². The van der Waals surface area contributed by atoms with Gasteiger partial charge >= 0.3 is 5.97 Å². The van der Waals surface area contributed by atoms with E-state index in [4.69, 9.17) is 4.74 Å². The number of hydrogen-bond donors (Lipinski definition) is 1. The highest BCUT2D eigenvalue weighted by molar-refractivity contribution is 5.89. The van der Waals surface area contributed by atoms with Crippen molar-refractivity contribution in [2.75, 3.05) is 13.2 Å². The highest BCUT2D eigenvalue weighted by atomic mass is 16.5. The van der Waals surface area contributed by atoms with E-state index in [0.29, 0.717) is 38.2 Å². The maximum atomic E-state index is 12.1. The second-order valence-electron chi connectivity index (χ2n) is 4.92. The molecule has 20 heavy (non-hydrogen) atoms. The van der Waals surface area contributed by atoms with E-state index in [1.54, 1.807) is 11.8 Å². The van der Waals surface area contributed by atoms with Gasteiger partial charge in [-0.15, -0.1) is 0 Å². The summed E-state index contributed by atoms with van der Waals surface area (Å²) in [6.07, 6.45) is 3.18. The Bertz CT molecular complexity index is 496. The number of H-pyrrole nitrogens is 1. The fourth-order valence-electron chi connectivity index (χ4n) is 2.36. The first kappa shape index (κ1) is 14.6. The van der Waals surface area contributed by atoms with Crippen molar-refractivity contribution in [2.45, 2.75) is 46.1 Å². The summed E-state index contributed by atoms with van der Waals surface area (Å²) < 4.78 is 4.99. The summed E-state index contributed by atoms with van der Waals surface area (Å²) >= 11 is 0. The molecule has 6 nitrogen and oxygen atoms in total. The third-order valence-electron chi connectivity index (χ3n) is 3.50. The lowest BCUT2D eigenvalue weighted by Gasteiger charge is -2.27. The number of carbonyl (C=O) groups excluding carboxylic acids is 2. The summed E-state index contributed by atoms with van der Waals surface area (Å²) in [6.45, 7) is 5.27. The van der Waals surface area contributed by atoms with Crippen LogP contribution in [0.5, 0.6) is 0 Å². The van der Waals surface area contributed by atoms with Crippen molar-refractivity contribution in [2.24, 2.45) is 0 Å². The Hall–Kier alpha value is -1.85. The minimum atomic E-state index is -0.423. The number of fused-ring (bicyclic) bond motifs is 1. The Morgan fingerprint density at radius 2 is 2.20 bits per heavy atom. The number of aromatic nitrogens is 2. The molecule has 0 fully saturated rings. The van der Waals surface area contributed by atoms with Crippen molar-refractivity contribution in [3.63, 3.8) is 0 Å². The number of unbranched alkanes of at least 4 members (excludes halogenated alkanes) is 1. The van der Waals surface area contributed by atoms with Crippen LogP contribution in [0.15, 0.2) is 0 Å². The highest BCUT2D eigenvalue weighted by Crippen LogP contribution is 2.21. The third-order valence-corrected chi connectivity index (χ3v) is 3.50. The molecule has 0 aromatic carbocycles. The Morgan fingerprint density at radius 3 is 2.90 bits per heavy atom. The van der Waals surface area contributed by atoms with Gasteiger partial charge in [-0.1, -0.05) is 13.3 Å². The van der Waals surface area contributed by atoms with E-state index < -0.39 is 5.97 Å². The smallest absolute Gasteiger partial charge is 0.359 e. The van der Waals surface area contributed by atoms with Crippen molar-refractivity contribution in [3.8, 4) is 0 Å². The molecular weight excluding hydrogens is 258 g/mol. The number of hydrogen-bond acceptors (Lipinski definition) is 4. The number of amides is 1. The lowest BCUT2D eigenvalue weighted by Crippen LogP contribution is -2.36. The van der Waals surface area contributed by atoms with Gasteiger partial charge in [0.15, 0.2) is 5.69 Å². The third kappa shape index (κ3) is 3.00. The normalized spacial score (nSPS) is 14.0. The quantitative estimate of drug-likeness (QED) is 0.832. The summed E-state index contributed by atoms with van der Waals surface area (Å²) in [5, 5.41) is 6.91. The lowest BCUT2D eigenvalue weighted by molar-refractivity contribution is -0.132. The van der Waals surface area contributed by atoms with E-state index in [-0.39, 0.29) is 5.91 Å². The lowest BCUT2D eigenvalue weighted by atomic mass is 10.0. The Balaban J connectivity index is 2.10. The molecular formula is C14H21N3O3. The number of nitrogens with one attached hydrogen (secondary N) is 1. The van der Waals surface area contributed by atoms with Crippen molar-refractivity contribution in [1.29, 1.82) is 0 Å². The van der Waals surface area contributed by atoms with Crippen LogP contribution in [-0.2, 0) is 22.5 Å². The molecule has 0 unspecified atom stereocenters. The molecule has 0 bridgehead atoms. The van der Waals surface area contributed by atoms with Crippen molar-refractivity contribution in [3.05, 3.63) is 17.0 Å². The first-order valence-electron chi connectivity index (χ1n) is 7.18. The van der Waals surface area contributed by atoms with Gasteiger partial charge in [-0.3, -0.25) is 9.89 Å². The predicted molar refractivity (Wildman–Crippen MR) is 73.2 cm³/mol. The van der Waals surface area contributed by atoms with E-state index in [0.717, 1.165) is 24.1 Å². The number of ether oxygens (including phenoxy) is 1. The van der Waals surface area contributed by atoms with Gasteiger partial charge in [-0.2, -0.15) is 5.10 Å². The summed E-state index contributed by atoms with van der Waals surface area (Å²) in [4.78, 5) is 25.7. The number of nitrogens with zero attached hydrogens (tertiary/aromatic N) is 2. The minimum absolute atomic E-state index is 0.147. The van der Waals surface area contributed by atoms with Gasteiger partial charge in [0.05, 0.1) is 6.61 Å². The fraction of sp³-hybridized carbons (Fsp3) is 0.643. The van der Waals surface area contributed by atoms with Gasteiger partial charge < -0.3 is 9.64 Å². The first-order chi connectivity index (χ1) is 9.67. The summed E-state index contributed by atoms with van der Waals surface area (Å²) in [5.41, 5.74) is 2.06. The molecule has 110 valence electrons. The molecule has 1 aliphatic heterocycles. The molecule has 6 heteroatoms. The summed E-state index contributed by atoms with van der Waals surface area (Å²) in [7, 11) is 0. The molecule has 1 aromatic heterocycles. The number of rotatable bonds is 5. The second kappa shape index (κ2) is 6.54. The summed E-state index contributed by atoms with van der Waals surface area (Å²) in [5.74, 6) is -0.277. The van der Waals surface area contributed by atoms with Crippen LogP contribution >= 0.6 is 0 Å². The van der Waals surface area contributed by atoms with Crippen molar-refractivity contribution < 1.29 is 14.3 Å². The fourth-order valence-corrected chi connectivity index (χ4v) is 2.36. The zero-order valence-corrected chi connectivity index (χ0v) is 12.1. The van der Waals surface area contributed by atoms with Crippen LogP contribution in [0.4, 0.5) is 0 Å². The zero-order chi connectivity index (χ0) is 14.5. The van der Waals surface area contributed by atoms with Gasteiger partial charge in [0.1, 0.15) is 0 Å². The number of esters is 1. The van der Waals surface area contributed by atoms with Crippen LogP contribution < -0.4 is 0 Å². The summed E-state index contributed by atoms with van der Waals surface area (Å²) in [6, 6.07) is 0. The van der Waals surface area contributed by atoms with Gasteiger partial charge in [0.25, 0.3) is 0 Å². The number of aromatic amines is 1. The highest BCUT2D eigenvalue weighted by Gasteiger charge is 2.27. The predicted octanol–water partition coefficient (Wildman–Crippen LogP) is 1.66. The van der Waals surface area contributed by atoms with Crippen molar-refractivity contribution in [1.82, 2.24) is 15.1 Å². The zero-order valence-electron chi connectivity index (χ0n) is 12.1. The van der Waals surface area contributed by atoms with E-state index >= 15 is 0 Å². The van der Waals surface area contributed by atoms with Crippen molar-refractivity contribution >= 4 is 11.9 Å². The first-order valence-corrected chi connectivity index (χ1v) is 7.18.